The number of rotatable bonds is 4. The molecule has 20 heavy (non-hydrogen) atoms. The maximum absolute atomic E-state index is 12.6. The summed E-state index contributed by atoms with van der Waals surface area (Å²) in [5.41, 5.74) is 1.29. The van der Waals surface area contributed by atoms with Crippen molar-refractivity contribution in [3.8, 4) is 11.5 Å². The van der Waals surface area contributed by atoms with Crippen molar-refractivity contribution >= 4 is 11.6 Å². The second-order valence-electron chi connectivity index (χ2n) is 4.24. The van der Waals surface area contributed by atoms with Gasteiger partial charge >= 0.3 is 0 Å². The molecule has 4 nitrogen and oxygen atoms in total. The van der Waals surface area contributed by atoms with Crippen molar-refractivity contribution in [2.24, 2.45) is 0 Å². The number of hydrogen-bond acceptors (Lipinski definition) is 3. The molecular formula is C16H17NO3. The third-order valence-electron chi connectivity index (χ3n) is 3.08. The number of methoxy groups -OCH3 is 2. The first-order valence-corrected chi connectivity index (χ1v) is 6.23. The molecule has 0 bridgehead atoms. The average molecular weight is 271 g/mol. The molecule has 0 unspecified atom stereocenters. The Bertz CT molecular complexity index is 596. The molecule has 0 aliphatic heterocycles. The van der Waals surface area contributed by atoms with E-state index in [0.717, 1.165) is 5.69 Å². The van der Waals surface area contributed by atoms with E-state index in [4.69, 9.17) is 9.47 Å². The number of ether oxygens (including phenoxy) is 2. The Balaban J connectivity index is 2.39. The van der Waals surface area contributed by atoms with Crippen LogP contribution in [0, 0.1) is 0 Å². The van der Waals surface area contributed by atoms with Crippen molar-refractivity contribution in [2.45, 2.75) is 0 Å². The minimum atomic E-state index is -0.146. The van der Waals surface area contributed by atoms with Gasteiger partial charge in [-0.1, -0.05) is 24.3 Å². The van der Waals surface area contributed by atoms with Crippen LogP contribution in [-0.4, -0.2) is 27.2 Å². The van der Waals surface area contributed by atoms with Gasteiger partial charge in [-0.25, -0.2) is 0 Å². The van der Waals surface area contributed by atoms with Crippen molar-refractivity contribution in [3.05, 3.63) is 54.1 Å². The van der Waals surface area contributed by atoms with Crippen molar-refractivity contribution < 1.29 is 14.3 Å². The van der Waals surface area contributed by atoms with Crippen molar-refractivity contribution in [1.29, 1.82) is 0 Å². The van der Waals surface area contributed by atoms with Crippen LogP contribution in [0.15, 0.2) is 48.5 Å². The maximum Gasteiger partial charge on any atom is 0.261 e. The number of anilines is 1. The minimum absolute atomic E-state index is 0.146. The number of nitrogens with zero attached hydrogens (tertiary/aromatic N) is 1. The molecule has 0 N–H and O–H groups in total. The molecule has 0 spiro atoms. The van der Waals surface area contributed by atoms with Crippen molar-refractivity contribution in [1.82, 2.24) is 0 Å². The number of para-hydroxylation sites is 2. The summed E-state index contributed by atoms with van der Waals surface area (Å²) >= 11 is 0. The van der Waals surface area contributed by atoms with Gasteiger partial charge in [-0.2, -0.15) is 0 Å². The van der Waals surface area contributed by atoms with Crippen molar-refractivity contribution in [3.63, 3.8) is 0 Å². The van der Waals surface area contributed by atoms with Gasteiger partial charge in [0, 0.05) is 12.7 Å². The Morgan fingerprint density at radius 1 is 0.950 bits per heavy atom. The standard InChI is InChI=1S/C16H17NO3/c1-17(12-8-5-4-6-9-12)16(18)13-10-7-11-14(19-2)15(13)20-3/h4-11H,1-3H3. The first-order chi connectivity index (χ1) is 9.69. The monoisotopic (exact) mass is 271 g/mol. The quantitative estimate of drug-likeness (QED) is 0.858. The molecule has 1 amide bonds. The fourth-order valence-electron chi connectivity index (χ4n) is 2.01. The summed E-state index contributed by atoms with van der Waals surface area (Å²) < 4.78 is 10.5. The van der Waals surface area contributed by atoms with Crippen LogP contribution in [0.3, 0.4) is 0 Å². The normalized spacial score (nSPS) is 9.95. The Morgan fingerprint density at radius 2 is 1.65 bits per heavy atom. The van der Waals surface area contributed by atoms with Crippen LogP contribution in [0.4, 0.5) is 5.69 Å². The lowest BCUT2D eigenvalue weighted by Gasteiger charge is -2.19. The van der Waals surface area contributed by atoms with E-state index in [0.29, 0.717) is 17.1 Å². The number of amides is 1. The van der Waals surface area contributed by atoms with Crippen LogP contribution in [0.5, 0.6) is 11.5 Å². The SMILES string of the molecule is COc1cccc(C(=O)N(C)c2ccccc2)c1OC. The van der Waals surface area contributed by atoms with E-state index < -0.39 is 0 Å². The molecule has 4 heteroatoms. The second kappa shape index (κ2) is 6.10. The van der Waals surface area contributed by atoms with Crippen molar-refractivity contribution in [2.75, 3.05) is 26.2 Å². The van der Waals surface area contributed by atoms with E-state index in [2.05, 4.69) is 0 Å². The molecule has 0 aromatic heterocycles. The van der Waals surface area contributed by atoms with Gasteiger partial charge in [0.15, 0.2) is 11.5 Å². The van der Waals surface area contributed by atoms with Gasteiger partial charge in [0.05, 0.1) is 19.8 Å². The van der Waals surface area contributed by atoms with Crippen LogP contribution < -0.4 is 14.4 Å². The van der Waals surface area contributed by atoms with Crippen LogP contribution in [0.2, 0.25) is 0 Å². The summed E-state index contributed by atoms with van der Waals surface area (Å²) in [5, 5.41) is 0. The first-order valence-electron chi connectivity index (χ1n) is 6.23. The van der Waals surface area contributed by atoms with Crippen LogP contribution in [0.1, 0.15) is 10.4 Å². The molecular weight excluding hydrogens is 254 g/mol. The number of hydrogen-bond donors (Lipinski definition) is 0. The summed E-state index contributed by atoms with van der Waals surface area (Å²) in [6.07, 6.45) is 0. The molecule has 0 radical (unpaired) electrons. The minimum Gasteiger partial charge on any atom is -0.493 e. The van der Waals surface area contributed by atoms with Gasteiger partial charge in [-0.05, 0) is 24.3 Å². The zero-order valence-electron chi connectivity index (χ0n) is 11.8. The van der Waals surface area contributed by atoms with Crippen LogP contribution in [0.25, 0.3) is 0 Å². The Hall–Kier alpha value is -2.49. The van der Waals surface area contributed by atoms with E-state index in [1.165, 1.54) is 7.11 Å². The Kier molecular flexibility index (Phi) is 4.25. The fraction of sp³-hybridized carbons (Fsp3) is 0.188. The number of carbonyl (C=O) groups excluding carboxylic acids is 1. The summed E-state index contributed by atoms with van der Waals surface area (Å²) in [4.78, 5) is 14.2. The lowest BCUT2D eigenvalue weighted by atomic mass is 10.1. The molecule has 0 aliphatic carbocycles. The Labute approximate surface area is 118 Å². The van der Waals surface area contributed by atoms with Gasteiger partial charge in [-0.3, -0.25) is 4.79 Å². The lowest BCUT2D eigenvalue weighted by molar-refractivity contribution is 0.0989. The zero-order chi connectivity index (χ0) is 14.5. The topological polar surface area (TPSA) is 38.8 Å². The molecule has 0 heterocycles. The van der Waals surface area contributed by atoms with E-state index >= 15 is 0 Å². The first kappa shape index (κ1) is 13.9. The molecule has 2 rings (SSSR count). The predicted octanol–water partition coefficient (Wildman–Crippen LogP) is 2.98. The lowest BCUT2D eigenvalue weighted by Crippen LogP contribution is -2.26. The van der Waals surface area contributed by atoms with Crippen LogP contribution in [-0.2, 0) is 0 Å². The van der Waals surface area contributed by atoms with Gasteiger partial charge in [0.25, 0.3) is 5.91 Å². The van der Waals surface area contributed by atoms with E-state index in [1.54, 1.807) is 37.3 Å². The highest BCUT2D eigenvalue weighted by Gasteiger charge is 2.20. The molecule has 0 saturated heterocycles. The third kappa shape index (κ3) is 2.59. The average Bonchev–Trinajstić information content (AvgIpc) is 2.53. The second-order valence-corrected chi connectivity index (χ2v) is 4.24. The van der Waals surface area contributed by atoms with E-state index in [1.807, 2.05) is 30.3 Å². The molecule has 0 saturated carbocycles. The summed E-state index contributed by atoms with van der Waals surface area (Å²) in [5.74, 6) is 0.842. The third-order valence-corrected chi connectivity index (χ3v) is 3.08. The summed E-state index contributed by atoms with van der Waals surface area (Å²) in [7, 11) is 4.81. The number of benzene rings is 2. The highest BCUT2D eigenvalue weighted by atomic mass is 16.5. The van der Waals surface area contributed by atoms with Gasteiger partial charge < -0.3 is 14.4 Å². The van der Waals surface area contributed by atoms with Gasteiger partial charge in [0.1, 0.15) is 0 Å². The summed E-state index contributed by atoms with van der Waals surface area (Å²) in [6, 6.07) is 14.7. The zero-order valence-corrected chi connectivity index (χ0v) is 11.8. The fourth-order valence-corrected chi connectivity index (χ4v) is 2.01. The molecule has 0 atom stereocenters. The van der Waals surface area contributed by atoms with E-state index in [9.17, 15) is 4.79 Å². The van der Waals surface area contributed by atoms with Gasteiger partial charge in [0.2, 0.25) is 0 Å². The maximum atomic E-state index is 12.6. The highest BCUT2D eigenvalue weighted by Crippen LogP contribution is 2.32. The molecule has 0 aliphatic rings. The number of carbonyl (C=O) groups is 1. The molecule has 104 valence electrons. The highest BCUT2D eigenvalue weighted by molar-refractivity contribution is 6.08. The van der Waals surface area contributed by atoms with Crippen LogP contribution >= 0.6 is 0 Å². The van der Waals surface area contributed by atoms with Gasteiger partial charge in [-0.15, -0.1) is 0 Å². The molecule has 0 fully saturated rings. The Morgan fingerprint density at radius 3 is 2.25 bits per heavy atom. The molecule has 2 aromatic rings. The summed E-state index contributed by atoms with van der Waals surface area (Å²) in [6.45, 7) is 0. The predicted molar refractivity (Wildman–Crippen MR) is 78.7 cm³/mol. The largest absolute Gasteiger partial charge is 0.493 e. The smallest absolute Gasteiger partial charge is 0.261 e. The van der Waals surface area contributed by atoms with E-state index in [-0.39, 0.29) is 5.91 Å². The molecule has 2 aromatic carbocycles.